The Hall–Kier alpha value is -2.71. The molecular weight excluding hydrogens is 354 g/mol. The number of nitrogens with zero attached hydrogens (tertiary/aromatic N) is 3. The molecule has 9 heteroatoms. The zero-order chi connectivity index (χ0) is 18.9. The summed E-state index contributed by atoms with van der Waals surface area (Å²) in [6, 6.07) is 4.14. The first kappa shape index (κ1) is 18.1. The molecule has 1 aliphatic heterocycles. The van der Waals surface area contributed by atoms with Gasteiger partial charge in [0.2, 0.25) is 5.88 Å². The number of methoxy groups -OCH3 is 1. The summed E-state index contributed by atoms with van der Waals surface area (Å²) in [5.74, 6) is -0.415. The summed E-state index contributed by atoms with van der Waals surface area (Å²) in [5, 5.41) is 0. The zero-order valence-corrected chi connectivity index (χ0v) is 13.8. The van der Waals surface area contributed by atoms with Crippen LogP contribution in [0.15, 0.2) is 36.7 Å². The molecule has 0 bridgehead atoms. The number of amides is 1. The Bertz CT molecular complexity index is 828. The van der Waals surface area contributed by atoms with Crippen LogP contribution in [0.25, 0.3) is 0 Å². The molecule has 5 nitrogen and oxygen atoms in total. The molecule has 1 aromatic heterocycles. The number of carbonyl (C=O) groups excluding carboxylic acids is 1. The lowest BCUT2D eigenvalue weighted by Crippen LogP contribution is -2.33. The van der Waals surface area contributed by atoms with Gasteiger partial charge in [-0.1, -0.05) is 12.1 Å². The number of ether oxygens (including phenoxy) is 1. The van der Waals surface area contributed by atoms with E-state index in [0.717, 1.165) is 18.2 Å². The Balaban J connectivity index is 1.82. The average Bonchev–Trinajstić information content (AvgIpc) is 3.04. The van der Waals surface area contributed by atoms with Gasteiger partial charge in [0.15, 0.2) is 11.4 Å². The minimum absolute atomic E-state index is 0.0161. The van der Waals surface area contributed by atoms with E-state index in [4.69, 9.17) is 4.74 Å². The van der Waals surface area contributed by atoms with Gasteiger partial charge in [-0.25, -0.2) is 9.37 Å². The van der Waals surface area contributed by atoms with E-state index in [1.807, 2.05) is 0 Å². The highest BCUT2D eigenvalue weighted by Crippen LogP contribution is 2.39. The minimum Gasteiger partial charge on any atom is -0.480 e. The summed E-state index contributed by atoms with van der Waals surface area (Å²) < 4.78 is 58.8. The van der Waals surface area contributed by atoms with Crippen LogP contribution in [0.2, 0.25) is 0 Å². The SMILES string of the molecule is COc1cncc(C(=O)N2CC[C@](F)(c3cccc(C(F)(F)F)c3)C2)n1. The Labute approximate surface area is 146 Å². The van der Waals surface area contributed by atoms with Crippen LogP contribution in [-0.4, -0.2) is 41.0 Å². The van der Waals surface area contributed by atoms with E-state index in [1.165, 1.54) is 30.5 Å². The maximum atomic E-state index is 15.3. The predicted octanol–water partition coefficient (Wildman–Crippen LogP) is 3.21. The quantitative estimate of drug-likeness (QED) is 0.780. The van der Waals surface area contributed by atoms with Crippen molar-refractivity contribution in [3.63, 3.8) is 0 Å². The Kier molecular flexibility index (Phi) is 4.55. The molecule has 0 saturated carbocycles. The molecule has 0 spiro atoms. The normalized spacial score (nSPS) is 20.3. The highest BCUT2D eigenvalue weighted by Gasteiger charge is 2.43. The first-order chi connectivity index (χ1) is 12.2. The van der Waals surface area contributed by atoms with E-state index in [-0.39, 0.29) is 36.6 Å². The molecule has 0 aliphatic carbocycles. The fraction of sp³-hybridized carbons (Fsp3) is 0.353. The fourth-order valence-corrected chi connectivity index (χ4v) is 2.87. The Morgan fingerprint density at radius 2 is 2.08 bits per heavy atom. The second-order valence-electron chi connectivity index (χ2n) is 5.97. The topological polar surface area (TPSA) is 55.3 Å². The van der Waals surface area contributed by atoms with Gasteiger partial charge >= 0.3 is 6.18 Å². The lowest BCUT2D eigenvalue weighted by Gasteiger charge is -2.22. The van der Waals surface area contributed by atoms with E-state index in [2.05, 4.69) is 9.97 Å². The van der Waals surface area contributed by atoms with E-state index in [1.54, 1.807) is 0 Å². The van der Waals surface area contributed by atoms with E-state index in [9.17, 15) is 18.0 Å². The highest BCUT2D eigenvalue weighted by molar-refractivity contribution is 5.92. The van der Waals surface area contributed by atoms with Gasteiger partial charge in [0.05, 0.1) is 31.6 Å². The fourth-order valence-electron chi connectivity index (χ4n) is 2.87. The summed E-state index contributed by atoms with van der Waals surface area (Å²) in [5.41, 5.74) is -3.09. The molecule has 2 aromatic rings. The van der Waals surface area contributed by atoms with E-state index < -0.39 is 23.3 Å². The monoisotopic (exact) mass is 369 g/mol. The van der Waals surface area contributed by atoms with Crippen molar-refractivity contribution in [3.8, 4) is 5.88 Å². The average molecular weight is 369 g/mol. The first-order valence-electron chi connectivity index (χ1n) is 7.75. The van der Waals surface area contributed by atoms with Crippen LogP contribution >= 0.6 is 0 Å². The molecule has 1 fully saturated rings. The van der Waals surface area contributed by atoms with Gasteiger partial charge in [-0.2, -0.15) is 13.2 Å². The number of alkyl halides is 4. The molecule has 1 aromatic carbocycles. The van der Waals surface area contributed by atoms with Gasteiger partial charge in [0.25, 0.3) is 5.91 Å². The zero-order valence-electron chi connectivity index (χ0n) is 13.8. The molecule has 26 heavy (non-hydrogen) atoms. The van der Waals surface area contributed by atoms with Crippen LogP contribution in [0.3, 0.4) is 0 Å². The van der Waals surface area contributed by atoms with Crippen molar-refractivity contribution in [2.45, 2.75) is 18.3 Å². The lowest BCUT2D eigenvalue weighted by atomic mass is 9.93. The van der Waals surface area contributed by atoms with Crippen LogP contribution < -0.4 is 4.74 Å². The van der Waals surface area contributed by atoms with Gasteiger partial charge in [-0.3, -0.25) is 9.78 Å². The van der Waals surface area contributed by atoms with Crippen LogP contribution in [-0.2, 0) is 11.8 Å². The lowest BCUT2D eigenvalue weighted by molar-refractivity contribution is -0.137. The van der Waals surface area contributed by atoms with Crippen LogP contribution in [0.4, 0.5) is 17.6 Å². The van der Waals surface area contributed by atoms with Crippen molar-refractivity contribution < 1.29 is 27.1 Å². The number of likely N-dealkylation sites (tertiary alicyclic amines) is 1. The molecule has 1 saturated heterocycles. The van der Waals surface area contributed by atoms with Gasteiger partial charge in [-0.15, -0.1) is 0 Å². The third kappa shape index (κ3) is 3.47. The molecule has 3 rings (SSSR count). The summed E-state index contributed by atoms with van der Waals surface area (Å²) in [7, 11) is 1.37. The third-order valence-corrected chi connectivity index (χ3v) is 4.25. The smallest absolute Gasteiger partial charge is 0.416 e. The van der Waals surface area contributed by atoms with Crippen molar-refractivity contribution in [1.29, 1.82) is 0 Å². The largest absolute Gasteiger partial charge is 0.480 e. The number of hydrogen-bond acceptors (Lipinski definition) is 4. The highest BCUT2D eigenvalue weighted by atomic mass is 19.4. The predicted molar refractivity (Wildman–Crippen MR) is 83.3 cm³/mol. The maximum absolute atomic E-state index is 15.3. The van der Waals surface area contributed by atoms with Crippen LogP contribution in [0, 0.1) is 0 Å². The number of halogens is 4. The number of rotatable bonds is 3. The van der Waals surface area contributed by atoms with Crippen molar-refractivity contribution >= 4 is 5.91 Å². The van der Waals surface area contributed by atoms with Gasteiger partial charge in [-0.05, 0) is 17.7 Å². The van der Waals surface area contributed by atoms with Crippen molar-refractivity contribution in [2.75, 3.05) is 20.2 Å². The molecule has 1 aliphatic rings. The molecular formula is C17H15F4N3O2. The molecule has 0 unspecified atom stereocenters. The van der Waals surface area contributed by atoms with E-state index >= 15 is 4.39 Å². The molecule has 1 atom stereocenters. The summed E-state index contributed by atoms with van der Waals surface area (Å²) in [6.07, 6.45) is -2.11. The molecule has 0 radical (unpaired) electrons. The number of carbonyl (C=O) groups is 1. The standard InChI is InChI=1S/C17H15F4N3O2/c1-26-14-9-22-8-13(23-14)15(25)24-6-5-16(18,10-24)11-3-2-4-12(7-11)17(19,20)21/h2-4,7-9H,5-6,10H2,1H3/t16-/m1/s1. The van der Waals surface area contributed by atoms with Crippen LogP contribution in [0.1, 0.15) is 28.0 Å². The number of hydrogen-bond donors (Lipinski definition) is 0. The Morgan fingerprint density at radius 3 is 2.77 bits per heavy atom. The van der Waals surface area contributed by atoms with Gasteiger partial charge < -0.3 is 9.64 Å². The second kappa shape index (κ2) is 6.54. The summed E-state index contributed by atoms with van der Waals surface area (Å²) in [4.78, 5) is 21.5. The maximum Gasteiger partial charge on any atom is 0.416 e. The van der Waals surface area contributed by atoms with Crippen molar-refractivity contribution in [1.82, 2.24) is 14.9 Å². The van der Waals surface area contributed by atoms with Crippen molar-refractivity contribution in [2.24, 2.45) is 0 Å². The molecule has 1 amide bonds. The third-order valence-electron chi connectivity index (χ3n) is 4.25. The molecule has 0 N–H and O–H groups in total. The number of aromatic nitrogens is 2. The van der Waals surface area contributed by atoms with Gasteiger partial charge in [0.1, 0.15) is 0 Å². The second-order valence-corrected chi connectivity index (χ2v) is 5.97. The molecule has 138 valence electrons. The Morgan fingerprint density at radius 1 is 1.31 bits per heavy atom. The first-order valence-corrected chi connectivity index (χ1v) is 7.75. The minimum atomic E-state index is -4.56. The van der Waals surface area contributed by atoms with E-state index in [0.29, 0.717) is 0 Å². The van der Waals surface area contributed by atoms with Crippen LogP contribution in [0.5, 0.6) is 5.88 Å². The summed E-state index contributed by atoms with van der Waals surface area (Å²) >= 11 is 0. The van der Waals surface area contributed by atoms with Gasteiger partial charge in [0, 0.05) is 13.0 Å². The number of benzene rings is 1. The summed E-state index contributed by atoms with van der Waals surface area (Å²) in [6.45, 7) is -0.295. The van der Waals surface area contributed by atoms with Crippen molar-refractivity contribution in [3.05, 3.63) is 53.5 Å². The molecule has 2 heterocycles.